The predicted octanol–water partition coefficient (Wildman–Crippen LogP) is 1.61. The summed E-state index contributed by atoms with van der Waals surface area (Å²) in [5, 5.41) is 2.74. The maximum atomic E-state index is 11.2. The molecule has 0 aliphatic heterocycles. The number of hydrogen-bond donors (Lipinski definition) is 1. The van der Waals surface area contributed by atoms with Crippen LogP contribution in [0.5, 0.6) is 0 Å². The summed E-state index contributed by atoms with van der Waals surface area (Å²) in [5.41, 5.74) is 0. The maximum absolute atomic E-state index is 11.2. The van der Waals surface area contributed by atoms with Crippen LogP contribution in [0.3, 0.4) is 0 Å². The first-order valence-corrected chi connectivity index (χ1v) is 5.67. The highest BCUT2D eigenvalue weighted by atomic mass is 16.5. The van der Waals surface area contributed by atoms with E-state index in [0.717, 1.165) is 36.8 Å². The average molecular weight is 217 g/mol. The van der Waals surface area contributed by atoms with Crippen molar-refractivity contribution in [2.24, 2.45) is 0 Å². The zero-order valence-electron chi connectivity index (χ0n) is 10.5. The van der Waals surface area contributed by atoms with E-state index in [4.69, 9.17) is 4.74 Å². The van der Waals surface area contributed by atoms with Gasteiger partial charge in [-0.05, 0) is 6.42 Å². The second-order valence-electron chi connectivity index (χ2n) is 4.78. The lowest BCUT2D eigenvalue weighted by Crippen LogP contribution is -2.39. The van der Waals surface area contributed by atoms with Gasteiger partial charge in [-0.1, -0.05) is 19.8 Å². The molecular formula is C11H25N2O2+. The molecule has 0 atom stereocenters. The molecule has 0 aliphatic rings. The number of nitrogens with one attached hydrogen (secondary N) is 1. The SMILES string of the molecule is CCCCCNC(=O)OCC[N+](C)(C)C. The van der Waals surface area contributed by atoms with E-state index in [-0.39, 0.29) is 6.09 Å². The summed E-state index contributed by atoms with van der Waals surface area (Å²) < 4.78 is 5.84. The van der Waals surface area contributed by atoms with Gasteiger partial charge in [-0.3, -0.25) is 0 Å². The number of quaternary nitrogens is 1. The van der Waals surface area contributed by atoms with Gasteiger partial charge in [0.05, 0.1) is 21.1 Å². The Morgan fingerprint density at radius 3 is 2.47 bits per heavy atom. The number of likely N-dealkylation sites (N-methyl/N-ethyl adjacent to an activating group) is 1. The minimum absolute atomic E-state index is 0.292. The molecule has 0 saturated carbocycles. The van der Waals surface area contributed by atoms with Gasteiger partial charge < -0.3 is 14.5 Å². The van der Waals surface area contributed by atoms with Crippen molar-refractivity contribution in [2.45, 2.75) is 26.2 Å². The monoisotopic (exact) mass is 217 g/mol. The van der Waals surface area contributed by atoms with Gasteiger partial charge in [0.1, 0.15) is 13.2 Å². The fourth-order valence-electron chi connectivity index (χ4n) is 1.03. The molecule has 0 aromatic carbocycles. The Morgan fingerprint density at radius 1 is 1.27 bits per heavy atom. The van der Waals surface area contributed by atoms with Crippen molar-refractivity contribution >= 4 is 6.09 Å². The summed E-state index contributed by atoms with van der Waals surface area (Å²) in [5.74, 6) is 0. The molecule has 1 amide bonds. The minimum atomic E-state index is -0.292. The topological polar surface area (TPSA) is 38.3 Å². The average Bonchev–Trinajstić information content (AvgIpc) is 2.10. The molecule has 0 aliphatic carbocycles. The van der Waals surface area contributed by atoms with Gasteiger partial charge in [0.25, 0.3) is 0 Å². The van der Waals surface area contributed by atoms with Crippen LogP contribution >= 0.6 is 0 Å². The Morgan fingerprint density at radius 2 is 1.93 bits per heavy atom. The van der Waals surface area contributed by atoms with Crippen LogP contribution in [0.2, 0.25) is 0 Å². The van der Waals surface area contributed by atoms with E-state index in [9.17, 15) is 4.79 Å². The molecule has 0 bridgehead atoms. The number of amides is 1. The summed E-state index contributed by atoms with van der Waals surface area (Å²) in [6, 6.07) is 0. The molecule has 0 unspecified atom stereocenters. The molecule has 0 saturated heterocycles. The largest absolute Gasteiger partial charge is 0.444 e. The summed E-state index contributed by atoms with van der Waals surface area (Å²) >= 11 is 0. The number of carbonyl (C=O) groups excluding carboxylic acids is 1. The zero-order chi connectivity index (χ0) is 11.7. The van der Waals surface area contributed by atoms with Crippen LogP contribution < -0.4 is 5.32 Å². The van der Waals surface area contributed by atoms with Crippen LogP contribution in [0.1, 0.15) is 26.2 Å². The molecule has 0 radical (unpaired) electrons. The molecule has 0 heterocycles. The lowest BCUT2D eigenvalue weighted by atomic mass is 10.2. The highest BCUT2D eigenvalue weighted by Gasteiger charge is 2.08. The Labute approximate surface area is 93.2 Å². The summed E-state index contributed by atoms with van der Waals surface area (Å²) in [6.07, 6.45) is 3.05. The number of hydrogen-bond acceptors (Lipinski definition) is 2. The van der Waals surface area contributed by atoms with Crippen molar-refractivity contribution in [3.63, 3.8) is 0 Å². The van der Waals surface area contributed by atoms with E-state index in [1.54, 1.807) is 0 Å². The number of alkyl carbamates (subject to hydrolysis) is 1. The summed E-state index contributed by atoms with van der Waals surface area (Å²) in [4.78, 5) is 11.2. The highest BCUT2D eigenvalue weighted by molar-refractivity contribution is 5.66. The van der Waals surface area contributed by atoms with Crippen LogP contribution in [0.15, 0.2) is 0 Å². The molecule has 4 heteroatoms. The van der Waals surface area contributed by atoms with E-state index < -0.39 is 0 Å². The fraction of sp³-hybridized carbons (Fsp3) is 0.909. The van der Waals surface area contributed by atoms with Crippen molar-refractivity contribution in [3.8, 4) is 0 Å². The van der Waals surface area contributed by atoms with Crippen LogP contribution in [-0.2, 0) is 4.74 Å². The smallest absolute Gasteiger partial charge is 0.407 e. The third-order valence-electron chi connectivity index (χ3n) is 2.04. The van der Waals surface area contributed by atoms with Gasteiger partial charge in [-0.2, -0.15) is 0 Å². The molecule has 15 heavy (non-hydrogen) atoms. The minimum Gasteiger partial charge on any atom is -0.444 e. The lowest BCUT2D eigenvalue weighted by molar-refractivity contribution is -0.870. The Kier molecular flexibility index (Phi) is 7.13. The van der Waals surface area contributed by atoms with Crippen molar-refractivity contribution in [3.05, 3.63) is 0 Å². The maximum Gasteiger partial charge on any atom is 0.407 e. The normalized spacial score (nSPS) is 11.2. The third kappa shape index (κ3) is 11.2. The lowest BCUT2D eigenvalue weighted by Gasteiger charge is -2.23. The van der Waals surface area contributed by atoms with Crippen LogP contribution in [0.25, 0.3) is 0 Å². The molecule has 0 aromatic rings. The number of carbonyl (C=O) groups is 1. The van der Waals surface area contributed by atoms with E-state index in [2.05, 4.69) is 33.4 Å². The molecule has 0 aromatic heterocycles. The van der Waals surface area contributed by atoms with E-state index in [1.165, 1.54) is 0 Å². The Hall–Kier alpha value is -0.770. The number of rotatable bonds is 7. The van der Waals surface area contributed by atoms with Crippen molar-refractivity contribution in [2.75, 3.05) is 40.8 Å². The van der Waals surface area contributed by atoms with Crippen molar-refractivity contribution in [1.82, 2.24) is 5.32 Å². The second-order valence-corrected chi connectivity index (χ2v) is 4.78. The van der Waals surface area contributed by atoms with Crippen LogP contribution in [0, 0.1) is 0 Å². The molecule has 0 spiro atoms. The van der Waals surface area contributed by atoms with Gasteiger partial charge in [-0.15, -0.1) is 0 Å². The van der Waals surface area contributed by atoms with Crippen molar-refractivity contribution < 1.29 is 14.0 Å². The first-order valence-electron chi connectivity index (χ1n) is 5.67. The molecule has 1 N–H and O–H groups in total. The molecule has 0 rings (SSSR count). The molecular weight excluding hydrogens is 192 g/mol. The van der Waals surface area contributed by atoms with Gasteiger partial charge in [0.2, 0.25) is 0 Å². The third-order valence-corrected chi connectivity index (χ3v) is 2.04. The second kappa shape index (κ2) is 7.51. The first-order chi connectivity index (χ1) is 6.95. The number of nitrogens with zero attached hydrogens (tertiary/aromatic N) is 1. The Bertz CT molecular complexity index is 176. The standard InChI is InChI=1S/C11H24N2O2/c1-5-6-7-8-12-11(14)15-10-9-13(2,3)4/h5-10H2,1-4H3/p+1. The molecule has 0 fully saturated rings. The quantitative estimate of drug-likeness (QED) is 0.520. The molecule has 90 valence electrons. The van der Waals surface area contributed by atoms with Crippen LogP contribution in [0.4, 0.5) is 4.79 Å². The van der Waals surface area contributed by atoms with Gasteiger partial charge in [-0.25, -0.2) is 4.79 Å². The van der Waals surface area contributed by atoms with E-state index >= 15 is 0 Å². The van der Waals surface area contributed by atoms with Crippen molar-refractivity contribution in [1.29, 1.82) is 0 Å². The first kappa shape index (κ1) is 14.2. The van der Waals surface area contributed by atoms with E-state index in [0.29, 0.717) is 6.61 Å². The zero-order valence-corrected chi connectivity index (χ0v) is 10.5. The van der Waals surface area contributed by atoms with E-state index in [1.807, 2.05) is 0 Å². The summed E-state index contributed by atoms with van der Waals surface area (Å²) in [6.45, 7) is 4.17. The predicted molar refractivity (Wildman–Crippen MR) is 61.8 cm³/mol. The van der Waals surface area contributed by atoms with Gasteiger partial charge in [0, 0.05) is 6.54 Å². The van der Waals surface area contributed by atoms with Gasteiger partial charge in [0.15, 0.2) is 0 Å². The summed E-state index contributed by atoms with van der Waals surface area (Å²) in [7, 11) is 6.22. The highest BCUT2D eigenvalue weighted by Crippen LogP contribution is 1.92. The molecule has 4 nitrogen and oxygen atoms in total. The number of ether oxygens (including phenoxy) is 1. The fourth-order valence-corrected chi connectivity index (χ4v) is 1.03. The number of unbranched alkanes of at least 4 members (excludes halogenated alkanes) is 2. The van der Waals surface area contributed by atoms with Crippen LogP contribution in [-0.4, -0.2) is 51.4 Å². The Balaban J connectivity index is 3.34. The van der Waals surface area contributed by atoms with Gasteiger partial charge >= 0.3 is 6.09 Å².